The van der Waals surface area contributed by atoms with Crippen LogP contribution in [0, 0.1) is 0 Å². The smallest absolute Gasteiger partial charge is 0.407 e. The third kappa shape index (κ3) is 5.20. The van der Waals surface area contributed by atoms with Crippen molar-refractivity contribution in [1.29, 1.82) is 0 Å². The van der Waals surface area contributed by atoms with Gasteiger partial charge < -0.3 is 14.5 Å². The van der Waals surface area contributed by atoms with Gasteiger partial charge in [0.05, 0.1) is 19.3 Å². The molecule has 0 spiro atoms. The molecule has 2 aromatic carbocycles. The SMILES string of the molecule is COc1ccccc1N1CCN(C(=O)CNC(c2ccccc2)C(F)(F)F)CC1. The number of anilines is 1. The minimum absolute atomic E-state index is 0.0915. The minimum atomic E-state index is -4.48. The third-order valence-electron chi connectivity index (χ3n) is 4.98. The number of nitrogens with zero attached hydrogens (tertiary/aromatic N) is 2. The molecule has 1 N–H and O–H groups in total. The second kappa shape index (κ2) is 9.17. The van der Waals surface area contributed by atoms with Crippen LogP contribution >= 0.6 is 0 Å². The molecule has 3 rings (SSSR count). The number of piperazine rings is 1. The van der Waals surface area contributed by atoms with E-state index in [-0.39, 0.29) is 18.0 Å². The molecule has 1 amide bonds. The van der Waals surface area contributed by atoms with E-state index < -0.39 is 12.2 Å². The van der Waals surface area contributed by atoms with Crippen LogP contribution in [0.1, 0.15) is 11.6 Å². The van der Waals surface area contributed by atoms with Gasteiger partial charge in [0, 0.05) is 26.2 Å². The van der Waals surface area contributed by atoms with Crippen molar-refractivity contribution in [2.45, 2.75) is 12.2 Å². The van der Waals surface area contributed by atoms with Gasteiger partial charge in [-0.1, -0.05) is 42.5 Å². The van der Waals surface area contributed by atoms with Crippen molar-refractivity contribution in [1.82, 2.24) is 10.2 Å². The lowest BCUT2D eigenvalue weighted by molar-refractivity contribution is -0.159. The van der Waals surface area contributed by atoms with E-state index in [0.717, 1.165) is 11.4 Å². The monoisotopic (exact) mass is 407 g/mol. The first kappa shape index (κ1) is 21.0. The summed E-state index contributed by atoms with van der Waals surface area (Å²) in [6.45, 7) is 1.70. The van der Waals surface area contributed by atoms with Crippen LogP contribution in [0.5, 0.6) is 5.75 Å². The molecule has 8 heteroatoms. The number of hydrogen-bond donors (Lipinski definition) is 1. The Morgan fingerprint density at radius 2 is 1.66 bits per heavy atom. The van der Waals surface area contributed by atoms with Crippen molar-refractivity contribution in [2.24, 2.45) is 0 Å². The van der Waals surface area contributed by atoms with Crippen molar-refractivity contribution in [2.75, 3.05) is 44.7 Å². The maximum Gasteiger partial charge on any atom is 0.407 e. The Balaban J connectivity index is 1.57. The summed E-state index contributed by atoms with van der Waals surface area (Å²) in [6.07, 6.45) is -4.48. The van der Waals surface area contributed by atoms with Crippen molar-refractivity contribution in [3.05, 3.63) is 60.2 Å². The Bertz CT molecular complexity index is 806. The van der Waals surface area contributed by atoms with Gasteiger partial charge in [0.2, 0.25) is 5.91 Å². The molecule has 1 aliphatic heterocycles. The number of ether oxygens (including phenoxy) is 1. The number of amides is 1. The van der Waals surface area contributed by atoms with Gasteiger partial charge >= 0.3 is 6.18 Å². The fourth-order valence-corrected chi connectivity index (χ4v) is 3.46. The van der Waals surface area contributed by atoms with Crippen LogP contribution in [0.15, 0.2) is 54.6 Å². The van der Waals surface area contributed by atoms with Gasteiger partial charge in [-0.05, 0) is 17.7 Å². The lowest BCUT2D eigenvalue weighted by Crippen LogP contribution is -2.51. The summed E-state index contributed by atoms with van der Waals surface area (Å²) in [5, 5.41) is 2.38. The molecule has 29 heavy (non-hydrogen) atoms. The van der Waals surface area contributed by atoms with E-state index in [1.807, 2.05) is 24.3 Å². The van der Waals surface area contributed by atoms with Crippen molar-refractivity contribution >= 4 is 11.6 Å². The standard InChI is InChI=1S/C21H24F3N3O2/c1-29-18-10-6-5-9-17(18)26-11-13-27(14-12-26)19(28)15-25-20(21(22,23)24)16-7-3-2-4-8-16/h2-10,20,25H,11-15H2,1H3. The summed E-state index contributed by atoms with van der Waals surface area (Å²) >= 11 is 0. The first-order valence-electron chi connectivity index (χ1n) is 9.41. The van der Waals surface area contributed by atoms with Gasteiger partial charge in [-0.25, -0.2) is 0 Å². The highest BCUT2D eigenvalue weighted by molar-refractivity contribution is 5.78. The van der Waals surface area contributed by atoms with E-state index in [2.05, 4.69) is 10.2 Å². The second-order valence-corrected chi connectivity index (χ2v) is 6.81. The number of nitrogens with one attached hydrogen (secondary N) is 1. The van der Waals surface area contributed by atoms with E-state index >= 15 is 0 Å². The van der Waals surface area contributed by atoms with Crippen LogP contribution < -0.4 is 15.0 Å². The largest absolute Gasteiger partial charge is 0.495 e. The fraction of sp³-hybridized carbons (Fsp3) is 0.381. The average molecular weight is 407 g/mol. The molecule has 1 aliphatic rings. The molecule has 0 aliphatic carbocycles. The number of alkyl halides is 3. The number of carbonyl (C=O) groups excluding carboxylic acids is 1. The first-order valence-corrected chi connectivity index (χ1v) is 9.41. The Morgan fingerprint density at radius 1 is 1.03 bits per heavy atom. The van der Waals surface area contributed by atoms with E-state index in [0.29, 0.717) is 26.2 Å². The lowest BCUT2D eigenvalue weighted by Gasteiger charge is -2.37. The molecule has 156 valence electrons. The number of halogens is 3. The molecule has 0 bridgehead atoms. The molecule has 0 saturated carbocycles. The lowest BCUT2D eigenvalue weighted by atomic mass is 10.1. The normalized spacial score (nSPS) is 15.9. The van der Waals surface area contributed by atoms with Gasteiger partial charge in [-0.15, -0.1) is 0 Å². The highest BCUT2D eigenvalue weighted by atomic mass is 19.4. The summed E-state index contributed by atoms with van der Waals surface area (Å²) in [5.74, 6) is 0.416. The molecule has 0 radical (unpaired) electrons. The number of carbonyl (C=O) groups is 1. The Morgan fingerprint density at radius 3 is 2.28 bits per heavy atom. The Labute approximate surface area is 168 Å². The van der Waals surface area contributed by atoms with Crippen LogP contribution in [0.3, 0.4) is 0 Å². The van der Waals surface area contributed by atoms with Crippen LogP contribution in [0.25, 0.3) is 0 Å². The van der Waals surface area contributed by atoms with Gasteiger partial charge in [0.15, 0.2) is 0 Å². The van der Waals surface area contributed by atoms with Crippen molar-refractivity contribution < 1.29 is 22.7 Å². The first-order chi connectivity index (χ1) is 13.9. The van der Waals surface area contributed by atoms with Gasteiger partial charge in [0.25, 0.3) is 0 Å². The average Bonchev–Trinajstić information content (AvgIpc) is 2.73. The zero-order valence-corrected chi connectivity index (χ0v) is 16.2. The Hall–Kier alpha value is -2.74. The van der Waals surface area contributed by atoms with Crippen LogP contribution in [0.4, 0.5) is 18.9 Å². The predicted molar refractivity (Wildman–Crippen MR) is 105 cm³/mol. The summed E-state index contributed by atoms with van der Waals surface area (Å²) in [4.78, 5) is 16.2. The molecule has 0 aromatic heterocycles. The molecule has 1 atom stereocenters. The molecule has 1 saturated heterocycles. The molecule has 2 aromatic rings. The van der Waals surface area contributed by atoms with Crippen molar-refractivity contribution in [3.8, 4) is 5.75 Å². The summed E-state index contributed by atoms with van der Waals surface area (Å²) in [5.41, 5.74) is 1.04. The summed E-state index contributed by atoms with van der Waals surface area (Å²) < 4.78 is 45.6. The minimum Gasteiger partial charge on any atom is -0.495 e. The number of benzene rings is 2. The highest BCUT2D eigenvalue weighted by Gasteiger charge is 2.41. The van der Waals surface area contributed by atoms with Crippen molar-refractivity contribution in [3.63, 3.8) is 0 Å². The molecule has 1 heterocycles. The highest BCUT2D eigenvalue weighted by Crippen LogP contribution is 2.32. The number of hydrogen-bond acceptors (Lipinski definition) is 4. The van der Waals surface area contributed by atoms with E-state index in [4.69, 9.17) is 4.74 Å². The molecule has 5 nitrogen and oxygen atoms in total. The summed E-state index contributed by atoms with van der Waals surface area (Å²) in [6, 6.07) is 13.3. The zero-order valence-electron chi connectivity index (χ0n) is 16.2. The van der Waals surface area contributed by atoms with Crippen LogP contribution in [0.2, 0.25) is 0 Å². The number of para-hydroxylation sites is 2. The zero-order chi connectivity index (χ0) is 20.9. The maximum atomic E-state index is 13.4. The van der Waals surface area contributed by atoms with E-state index in [9.17, 15) is 18.0 Å². The molecular weight excluding hydrogens is 383 g/mol. The van der Waals surface area contributed by atoms with Gasteiger partial charge in [-0.3, -0.25) is 10.1 Å². The van der Waals surface area contributed by atoms with E-state index in [1.54, 1.807) is 30.2 Å². The van der Waals surface area contributed by atoms with Crippen LogP contribution in [-0.2, 0) is 4.79 Å². The number of methoxy groups -OCH3 is 1. The quantitative estimate of drug-likeness (QED) is 0.799. The predicted octanol–water partition coefficient (Wildman–Crippen LogP) is 3.24. The van der Waals surface area contributed by atoms with E-state index in [1.165, 1.54) is 12.1 Å². The Kier molecular flexibility index (Phi) is 6.64. The maximum absolute atomic E-state index is 13.4. The number of rotatable bonds is 6. The molecular formula is C21H24F3N3O2. The molecule has 1 unspecified atom stereocenters. The van der Waals surface area contributed by atoms with Gasteiger partial charge in [-0.2, -0.15) is 13.2 Å². The topological polar surface area (TPSA) is 44.8 Å². The fourth-order valence-electron chi connectivity index (χ4n) is 3.46. The molecule has 1 fully saturated rings. The summed E-state index contributed by atoms with van der Waals surface area (Å²) in [7, 11) is 1.61. The van der Waals surface area contributed by atoms with Gasteiger partial charge in [0.1, 0.15) is 11.8 Å². The van der Waals surface area contributed by atoms with Crippen LogP contribution in [-0.4, -0.2) is 56.8 Å². The third-order valence-corrected chi connectivity index (χ3v) is 4.98. The second-order valence-electron chi connectivity index (χ2n) is 6.81.